The van der Waals surface area contributed by atoms with E-state index in [1.54, 1.807) is 0 Å². The van der Waals surface area contributed by atoms with E-state index >= 15 is 0 Å². The van der Waals surface area contributed by atoms with Gasteiger partial charge in [-0.25, -0.2) is 0 Å². The summed E-state index contributed by atoms with van der Waals surface area (Å²) in [7, 11) is 0. The Hall–Kier alpha value is -6.76. The SMILES string of the molecule is C1=C(c2cc3ccc4ccccc4c3c3ccccc23)CCc2cc(-c3ccc4ccc(-c5ccc6c7c(cccc57)-c5ccccc5-6)cc4c3)ccc21. The van der Waals surface area contributed by atoms with E-state index in [9.17, 15) is 0 Å². The molecular formula is C54H34. The molecule has 2 aliphatic carbocycles. The highest BCUT2D eigenvalue weighted by atomic mass is 14.3. The first kappa shape index (κ1) is 29.8. The van der Waals surface area contributed by atoms with Crippen LogP contribution >= 0.6 is 0 Å². The van der Waals surface area contributed by atoms with Crippen LogP contribution < -0.4 is 0 Å². The van der Waals surface area contributed by atoms with Gasteiger partial charge in [0.1, 0.15) is 0 Å². The molecule has 0 saturated carbocycles. The van der Waals surface area contributed by atoms with E-state index in [4.69, 9.17) is 0 Å². The number of aryl methyl sites for hydroxylation is 1. The van der Waals surface area contributed by atoms with Crippen molar-refractivity contribution in [1.29, 1.82) is 0 Å². The molecule has 12 rings (SSSR count). The van der Waals surface area contributed by atoms with Crippen molar-refractivity contribution >= 4 is 65.5 Å². The fourth-order valence-corrected chi connectivity index (χ4v) is 9.68. The van der Waals surface area contributed by atoms with Crippen molar-refractivity contribution in [3.63, 3.8) is 0 Å². The van der Waals surface area contributed by atoms with Crippen molar-refractivity contribution in [2.24, 2.45) is 0 Å². The maximum atomic E-state index is 2.44. The van der Waals surface area contributed by atoms with E-state index in [1.165, 1.54) is 121 Å². The van der Waals surface area contributed by atoms with Crippen LogP contribution in [0.25, 0.3) is 110 Å². The Morgan fingerprint density at radius 1 is 0.296 bits per heavy atom. The molecule has 0 aliphatic heterocycles. The second kappa shape index (κ2) is 11.4. The fraction of sp³-hybridized carbons (Fsp3) is 0.0370. The van der Waals surface area contributed by atoms with Crippen molar-refractivity contribution < 1.29 is 0 Å². The molecule has 250 valence electrons. The molecule has 2 aliphatic rings. The Labute approximate surface area is 314 Å². The van der Waals surface area contributed by atoms with Crippen molar-refractivity contribution in [2.75, 3.05) is 0 Å². The molecule has 0 nitrogen and oxygen atoms in total. The summed E-state index contributed by atoms with van der Waals surface area (Å²) in [6.07, 6.45) is 4.51. The van der Waals surface area contributed by atoms with Crippen LogP contribution in [0.1, 0.15) is 23.1 Å². The monoisotopic (exact) mass is 682 g/mol. The van der Waals surface area contributed by atoms with Crippen LogP contribution in [0.4, 0.5) is 0 Å². The van der Waals surface area contributed by atoms with Gasteiger partial charge in [-0.2, -0.15) is 0 Å². The zero-order chi connectivity index (χ0) is 35.3. The second-order valence-electron chi connectivity index (χ2n) is 15.1. The number of benzene rings is 10. The standard InChI is InChI=1S/C54H34/c1-2-9-44-34(8-1)18-25-41-32-52(47-12-5-6-13-49(47)53(41)44)40-24-22-36-28-35(20-21-37(36)29-40)38-19-16-33-17-23-39(31-42(33)30-38)43-26-27-51-46-11-4-3-10-45(46)50-15-7-14-48(43)54(50)51/h1-21,23,25-32H,22,24H2. The first-order valence-corrected chi connectivity index (χ1v) is 19.1. The lowest BCUT2D eigenvalue weighted by molar-refractivity contribution is 1.00. The summed E-state index contributed by atoms with van der Waals surface area (Å²) in [4.78, 5) is 0. The molecule has 0 N–H and O–H groups in total. The van der Waals surface area contributed by atoms with Gasteiger partial charge < -0.3 is 0 Å². The van der Waals surface area contributed by atoms with Gasteiger partial charge in [0.15, 0.2) is 0 Å². The summed E-state index contributed by atoms with van der Waals surface area (Å²) in [5.74, 6) is 0. The molecule has 0 radical (unpaired) electrons. The van der Waals surface area contributed by atoms with Crippen LogP contribution in [0.3, 0.4) is 0 Å². The molecule has 0 bridgehead atoms. The molecule has 10 aromatic rings. The highest BCUT2D eigenvalue weighted by Gasteiger charge is 2.22. The first-order valence-electron chi connectivity index (χ1n) is 19.1. The molecule has 0 atom stereocenters. The van der Waals surface area contributed by atoms with E-state index < -0.39 is 0 Å². The zero-order valence-corrected chi connectivity index (χ0v) is 29.7. The van der Waals surface area contributed by atoms with Crippen molar-refractivity contribution in [3.05, 3.63) is 193 Å². The number of hydrogen-bond acceptors (Lipinski definition) is 0. The van der Waals surface area contributed by atoms with Crippen LogP contribution in [0.5, 0.6) is 0 Å². The Kier molecular flexibility index (Phi) is 6.27. The van der Waals surface area contributed by atoms with Crippen molar-refractivity contribution in [2.45, 2.75) is 12.8 Å². The Balaban J connectivity index is 0.916. The summed E-state index contributed by atoms with van der Waals surface area (Å²) in [6.45, 7) is 0. The topological polar surface area (TPSA) is 0 Å². The first-order chi connectivity index (χ1) is 26.7. The van der Waals surface area contributed by atoms with Gasteiger partial charge in [-0.05, 0) is 152 Å². The lowest BCUT2D eigenvalue weighted by Gasteiger charge is -2.20. The predicted molar refractivity (Wildman–Crippen MR) is 232 cm³/mol. The van der Waals surface area contributed by atoms with E-state index in [2.05, 4.69) is 182 Å². The van der Waals surface area contributed by atoms with Crippen molar-refractivity contribution in [1.82, 2.24) is 0 Å². The quantitative estimate of drug-likeness (QED) is 0.163. The lowest BCUT2D eigenvalue weighted by atomic mass is 9.84. The third kappa shape index (κ3) is 4.38. The summed E-state index contributed by atoms with van der Waals surface area (Å²) in [5.41, 5.74) is 16.0. The minimum absolute atomic E-state index is 1.03. The molecular weight excluding hydrogens is 649 g/mol. The van der Waals surface area contributed by atoms with Gasteiger partial charge >= 0.3 is 0 Å². The van der Waals surface area contributed by atoms with Gasteiger partial charge in [0.2, 0.25) is 0 Å². The third-order valence-electron chi connectivity index (χ3n) is 12.3. The Bertz CT molecular complexity index is 3230. The largest absolute Gasteiger partial charge is 0.0616 e. The average molecular weight is 683 g/mol. The van der Waals surface area contributed by atoms with Crippen LogP contribution in [0.2, 0.25) is 0 Å². The summed E-state index contributed by atoms with van der Waals surface area (Å²) in [5, 5.41) is 13.2. The summed E-state index contributed by atoms with van der Waals surface area (Å²) >= 11 is 0. The summed E-state index contributed by atoms with van der Waals surface area (Å²) in [6, 6.07) is 66.0. The number of fused-ring (bicyclic) bond motifs is 10. The number of allylic oxidation sites excluding steroid dienone is 1. The van der Waals surface area contributed by atoms with Crippen LogP contribution in [-0.4, -0.2) is 0 Å². The highest BCUT2D eigenvalue weighted by molar-refractivity contribution is 6.23. The van der Waals surface area contributed by atoms with Gasteiger partial charge in [-0.15, -0.1) is 0 Å². The molecule has 10 aromatic carbocycles. The molecule has 0 aromatic heterocycles. The molecule has 0 saturated heterocycles. The second-order valence-corrected chi connectivity index (χ2v) is 15.1. The van der Waals surface area contributed by atoms with Gasteiger partial charge in [0.05, 0.1) is 0 Å². The van der Waals surface area contributed by atoms with Crippen LogP contribution in [0, 0.1) is 0 Å². The number of rotatable bonds is 3. The molecule has 0 fully saturated rings. The smallest absolute Gasteiger partial charge is 0.00201 e. The normalized spacial score (nSPS) is 13.1. The molecule has 0 spiro atoms. The minimum atomic E-state index is 1.03. The molecule has 0 heteroatoms. The van der Waals surface area contributed by atoms with E-state index in [0.29, 0.717) is 0 Å². The van der Waals surface area contributed by atoms with E-state index in [1.807, 2.05) is 0 Å². The average Bonchev–Trinajstić information content (AvgIpc) is 3.57. The van der Waals surface area contributed by atoms with E-state index in [-0.39, 0.29) is 0 Å². The Morgan fingerprint density at radius 3 is 1.81 bits per heavy atom. The van der Waals surface area contributed by atoms with E-state index in [0.717, 1.165) is 12.8 Å². The van der Waals surface area contributed by atoms with Gasteiger partial charge in [-0.1, -0.05) is 164 Å². The summed E-state index contributed by atoms with van der Waals surface area (Å²) < 4.78 is 0. The fourth-order valence-electron chi connectivity index (χ4n) is 9.68. The maximum Gasteiger partial charge on any atom is -0.00201 e. The van der Waals surface area contributed by atoms with Crippen LogP contribution in [-0.2, 0) is 6.42 Å². The molecule has 54 heavy (non-hydrogen) atoms. The van der Waals surface area contributed by atoms with Gasteiger partial charge in [0.25, 0.3) is 0 Å². The molecule has 0 amide bonds. The van der Waals surface area contributed by atoms with Gasteiger partial charge in [0, 0.05) is 0 Å². The lowest BCUT2D eigenvalue weighted by Crippen LogP contribution is -2.00. The molecule has 0 heterocycles. The zero-order valence-electron chi connectivity index (χ0n) is 29.7. The third-order valence-corrected chi connectivity index (χ3v) is 12.3. The van der Waals surface area contributed by atoms with Gasteiger partial charge in [-0.3, -0.25) is 0 Å². The Morgan fingerprint density at radius 2 is 0.926 bits per heavy atom. The van der Waals surface area contributed by atoms with Crippen molar-refractivity contribution in [3.8, 4) is 44.5 Å². The molecule has 0 unspecified atom stereocenters. The predicted octanol–water partition coefficient (Wildman–Crippen LogP) is 14.9. The maximum absolute atomic E-state index is 2.44. The number of hydrogen-bond donors (Lipinski definition) is 0. The van der Waals surface area contributed by atoms with Crippen LogP contribution in [0.15, 0.2) is 176 Å². The minimum Gasteiger partial charge on any atom is -0.0616 e. The highest BCUT2D eigenvalue weighted by Crippen LogP contribution is 2.49.